The van der Waals surface area contributed by atoms with Crippen LogP contribution in [0.4, 0.5) is 0 Å². The van der Waals surface area contributed by atoms with Crippen LogP contribution in [-0.4, -0.2) is 87.3 Å². The van der Waals surface area contributed by atoms with Gasteiger partial charge in [-0.15, -0.1) is 13.2 Å². The number of sulfonamides is 1. The van der Waals surface area contributed by atoms with Crippen LogP contribution in [0.25, 0.3) is 0 Å². The van der Waals surface area contributed by atoms with E-state index in [1.165, 1.54) is 26.1 Å². The van der Waals surface area contributed by atoms with E-state index in [-0.39, 0.29) is 55.5 Å². The molecule has 5 amide bonds. The largest absolute Gasteiger partial charge is 0.487 e. The normalized spacial score (nSPS) is 15.6. The zero-order valence-corrected chi connectivity index (χ0v) is 38.7. The number of carbonyl (C=O) groups is 5. The molecule has 0 aliphatic carbocycles. The second kappa shape index (κ2) is 21.9. The maximum atomic E-state index is 14.1. The van der Waals surface area contributed by atoms with Gasteiger partial charge in [0.1, 0.15) is 35.0 Å². The smallest absolute Gasteiger partial charge is 0.264 e. The molecule has 17 heteroatoms. The van der Waals surface area contributed by atoms with Crippen molar-refractivity contribution in [3.05, 3.63) is 83.5 Å². The number of hydrogen-bond acceptors (Lipinski definition) is 9. The van der Waals surface area contributed by atoms with E-state index < -0.39 is 68.8 Å². The Labute approximate surface area is 367 Å². The number of aliphatic imine (C=N–C) groups is 1. The fraction of sp³-hybridized carbons (Fsp3) is 0.511. The fourth-order valence-corrected chi connectivity index (χ4v) is 8.68. The number of benzene rings is 2. The molecule has 4 atom stereocenters. The summed E-state index contributed by atoms with van der Waals surface area (Å²) in [7, 11) is -2.70. The van der Waals surface area contributed by atoms with Crippen LogP contribution in [-0.2, 0) is 40.4 Å². The molecule has 0 radical (unpaired) electrons. The summed E-state index contributed by atoms with van der Waals surface area (Å²) in [6.45, 7) is 23.5. The molecule has 7 N–H and O–H groups in total. The lowest BCUT2D eigenvalue weighted by molar-refractivity contribution is -0.137. The predicted molar refractivity (Wildman–Crippen MR) is 241 cm³/mol. The number of ether oxygens (including phenoxy) is 1. The Hall–Kier alpha value is -5.71. The first kappa shape index (κ1) is 50.6. The van der Waals surface area contributed by atoms with E-state index in [0.717, 1.165) is 11.1 Å². The standard InChI is InChI=1S/C45H66N8O8S/c1-13-23-45(11,52-38(54)27(4)5)42(58)50-34(40(56)49-33(15-3)39(55)51-35(41(57)47-24-14-2)31-20-17-16-18-21-31)22-19-25-48-43(46-12)53-62(59,60)37-29(7)28(6)36-32(30(37)8)26-44(9,10)61-36/h13-14,16-18,20-21,27,33-35H,1-2,15,19,22-26H2,3-12H3,(H,47,57)(H,49,56)(H,50,58)(H,51,55)(H,52,54)(H2,46,48,53)/t33-,34-,35+,45?/m0/s1. The van der Waals surface area contributed by atoms with E-state index in [0.29, 0.717) is 28.9 Å². The first-order chi connectivity index (χ1) is 29.1. The zero-order chi connectivity index (χ0) is 46.6. The predicted octanol–water partition coefficient (Wildman–Crippen LogP) is 3.61. The van der Waals surface area contributed by atoms with Gasteiger partial charge in [-0.1, -0.05) is 63.3 Å². The van der Waals surface area contributed by atoms with Crippen molar-refractivity contribution >= 4 is 45.5 Å². The van der Waals surface area contributed by atoms with Gasteiger partial charge in [0.05, 0.1) is 4.90 Å². The van der Waals surface area contributed by atoms with Crippen LogP contribution in [0.5, 0.6) is 5.75 Å². The number of amides is 5. The molecule has 1 heterocycles. The third kappa shape index (κ3) is 12.9. The van der Waals surface area contributed by atoms with Crippen molar-refractivity contribution in [3.8, 4) is 5.75 Å². The minimum atomic E-state index is -4.13. The number of guanidine groups is 1. The average molecular weight is 879 g/mol. The summed E-state index contributed by atoms with van der Waals surface area (Å²) >= 11 is 0. The second-order valence-corrected chi connectivity index (χ2v) is 18.3. The third-order valence-corrected chi connectivity index (χ3v) is 12.3. The van der Waals surface area contributed by atoms with Crippen molar-refractivity contribution < 1.29 is 37.1 Å². The Bertz CT molecular complexity index is 2140. The van der Waals surface area contributed by atoms with E-state index in [9.17, 15) is 32.4 Å². The van der Waals surface area contributed by atoms with Gasteiger partial charge >= 0.3 is 0 Å². The van der Waals surface area contributed by atoms with Gasteiger partial charge in [-0.3, -0.25) is 29.0 Å². The molecule has 62 heavy (non-hydrogen) atoms. The Kier molecular flexibility index (Phi) is 17.9. The highest BCUT2D eigenvalue weighted by Gasteiger charge is 2.39. The van der Waals surface area contributed by atoms with Crippen LogP contribution in [0.2, 0.25) is 0 Å². The van der Waals surface area contributed by atoms with Crippen LogP contribution < -0.4 is 41.4 Å². The first-order valence-electron chi connectivity index (χ1n) is 20.9. The molecule has 0 saturated heterocycles. The molecule has 0 bridgehead atoms. The molecule has 1 aliphatic rings. The number of nitrogens with one attached hydrogen (secondary N) is 7. The summed E-state index contributed by atoms with van der Waals surface area (Å²) in [4.78, 5) is 71.9. The van der Waals surface area contributed by atoms with Crippen molar-refractivity contribution in [1.29, 1.82) is 0 Å². The molecular weight excluding hydrogens is 813 g/mol. The van der Waals surface area contributed by atoms with Gasteiger partial charge in [0.25, 0.3) is 10.0 Å². The summed E-state index contributed by atoms with van der Waals surface area (Å²) in [6.07, 6.45) is 3.96. The van der Waals surface area contributed by atoms with Gasteiger partial charge in [0.15, 0.2) is 0 Å². The molecule has 0 saturated carbocycles. The number of carbonyl (C=O) groups excluding carboxylic acids is 5. The van der Waals surface area contributed by atoms with E-state index in [1.807, 2.05) is 20.8 Å². The maximum absolute atomic E-state index is 14.1. The highest BCUT2D eigenvalue weighted by atomic mass is 32.2. The Balaban J connectivity index is 1.84. The van der Waals surface area contributed by atoms with Crippen LogP contribution >= 0.6 is 0 Å². The Morgan fingerprint density at radius 2 is 1.53 bits per heavy atom. The molecule has 16 nitrogen and oxygen atoms in total. The molecule has 2 aromatic carbocycles. The van der Waals surface area contributed by atoms with Crippen molar-refractivity contribution in [2.24, 2.45) is 10.9 Å². The molecule has 0 spiro atoms. The van der Waals surface area contributed by atoms with Crippen LogP contribution in [0.15, 0.2) is 65.5 Å². The molecular formula is C45H66N8O8S. The second-order valence-electron chi connectivity index (χ2n) is 16.6. The van der Waals surface area contributed by atoms with Gasteiger partial charge in [-0.2, -0.15) is 0 Å². The third-order valence-electron chi connectivity index (χ3n) is 10.7. The highest BCUT2D eigenvalue weighted by molar-refractivity contribution is 7.90. The van der Waals surface area contributed by atoms with Crippen molar-refractivity contribution in [3.63, 3.8) is 0 Å². The van der Waals surface area contributed by atoms with E-state index in [2.05, 4.69) is 54.8 Å². The average Bonchev–Trinajstić information content (AvgIpc) is 3.56. The number of rotatable bonds is 21. The van der Waals surface area contributed by atoms with Gasteiger partial charge < -0.3 is 36.6 Å². The number of hydrogen-bond donors (Lipinski definition) is 7. The molecule has 1 aliphatic heterocycles. The first-order valence-corrected chi connectivity index (χ1v) is 22.4. The van der Waals surface area contributed by atoms with Crippen LogP contribution in [0.1, 0.15) is 101 Å². The summed E-state index contributed by atoms with van der Waals surface area (Å²) in [6, 6.07) is 5.22. The number of fused-ring (bicyclic) bond motifs is 1. The quantitative estimate of drug-likeness (QED) is 0.0421. The van der Waals surface area contributed by atoms with E-state index >= 15 is 0 Å². The van der Waals surface area contributed by atoms with Gasteiger partial charge in [0, 0.05) is 38.0 Å². The van der Waals surface area contributed by atoms with Gasteiger partial charge in [-0.25, -0.2) is 13.1 Å². The van der Waals surface area contributed by atoms with Crippen molar-refractivity contribution in [2.75, 3.05) is 20.1 Å². The summed E-state index contributed by atoms with van der Waals surface area (Å²) in [5.74, 6) is -2.61. The lowest BCUT2D eigenvalue weighted by atomic mass is 9.94. The Morgan fingerprint density at radius 3 is 2.11 bits per heavy atom. The van der Waals surface area contributed by atoms with Crippen molar-refractivity contribution in [2.45, 2.75) is 129 Å². The lowest BCUT2D eigenvalue weighted by Gasteiger charge is -2.32. The van der Waals surface area contributed by atoms with Crippen molar-refractivity contribution in [1.82, 2.24) is 36.6 Å². The minimum Gasteiger partial charge on any atom is -0.487 e. The van der Waals surface area contributed by atoms with Gasteiger partial charge in [-0.05, 0) is 89.5 Å². The number of nitrogens with zero attached hydrogens (tertiary/aromatic N) is 1. The van der Waals surface area contributed by atoms with Crippen LogP contribution in [0, 0.1) is 26.7 Å². The zero-order valence-electron chi connectivity index (χ0n) is 37.8. The fourth-order valence-electron chi connectivity index (χ4n) is 7.08. The highest BCUT2D eigenvalue weighted by Crippen LogP contribution is 2.43. The summed E-state index contributed by atoms with van der Waals surface area (Å²) < 4.78 is 36.6. The molecule has 340 valence electrons. The summed E-state index contributed by atoms with van der Waals surface area (Å²) in [5.41, 5.74) is 1.31. The molecule has 3 rings (SSSR count). The van der Waals surface area contributed by atoms with Crippen LogP contribution in [0.3, 0.4) is 0 Å². The Morgan fingerprint density at radius 1 is 0.887 bits per heavy atom. The lowest BCUT2D eigenvalue weighted by Crippen LogP contribution is -2.61. The SMILES string of the molecule is C=CCNC(=O)[C@H](NC(=O)[C@H](CC)NC(=O)[C@H](CCCNC(=NC)NS(=O)(=O)c1c(C)c(C)c2c(c1C)CC(C)(C)O2)NC(=O)C(C)(CC=C)NC(=O)C(C)C)c1ccccc1. The summed E-state index contributed by atoms with van der Waals surface area (Å²) in [5, 5.41) is 16.7. The van der Waals surface area contributed by atoms with E-state index in [1.54, 1.807) is 65.0 Å². The molecule has 0 fully saturated rings. The molecule has 1 unspecified atom stereocenters. The molecule has 2 aromatic rings. The monoisotopic (exact) mass is 878 g/mol. The van der Waals surface area contributed by atoms with Gasteiger partial charge in [0.2, 0.25) is 35.5 Å². The van der Waals surface area contributed by atoms with E-state index in [4.69, 9.17) is 4.74 Å². The maximum Gasteiger partial charge on any atom is 0.264 e. The molecule has 0 aromatic heterocycles. The minimum absolute atomic E-state index is 0.0171. The topological polar surface area (TPSA) is 225 Å².